The number of nitriles is 1. The summed E-state index contributed by atoms with van der Waals surface area (Å²) < 4.78 is 54.4. The summed E-state index contributed by atoms with van der Waals surface area (Å²) in [5, 5.41) is 22.8. The van der Waals surface area contributed by atoms with Gasteiger partial charge in [-0.25, -0.2) is 54.8 Å². The second-order valence-electron chi connectivity index (χ2n) is 34.9. The van der Waals surface area contributed by atoms with Crippen LogP contribution < -0.4 is 64.6 Å². The first-order valence-electron chi connectivity index (χ1n) is 47.6. The van der Waals surface area contributed by atoms with E-state index < -0.39 is 0 Å². The van der Waals surface area contributed by atoms with Crippen molar-refractivity contribution in [1.29, 1.82) is 5.26 Å². The van der Waals surface area contributed by atoms with E-state index in [4.69, 9.17) is 67.8 Å². The molecule has 12 heterocycles. The number of aryl methyl sites for hydroxylation is 2. The number of halogens is 1. The van der Waals surface area contributed by atoms with Gasteiger partial charge in [-0.1, -0.05) is 26.7 Å². The standard InChI is InChI=1S/C26H33BrN6O2.C26H34N6O2.C24H29N5O3.C23H25N7O2/c1-2-3-4-20-17-28-23-13-21(33-9-11-34-12-10-33)14-24(25(23)31-20)35-22-7-5-19(6-8-22)32-26-29-15-18(27)16-30-26;1-2-3-5-20-18-29-23-16-21(32-12-14-33-15-13-32)17-24(25(23)30-20)34-22-8-6-19(7-9-22)31-26-27-10-4-11-28-26;1-30-20-6-7-23(27-16-20)28-17-2-4-19(5-3-17)32-22-15-18(29-10-12-31-13-11-29)14-21-24(22)26-9-8-25-21;24-15-17-5-6-27-23(29-17)28-16-1-3-19(4-2-16)32-21-14-18(30-9-11-31-12-10-30)13-20-22(21)26-8-7-25-20/h13-17,19,22H,2-12H2,1H3,(H,29,30,32);4,10-11,16-19,22H,2-3,5-9,12-15H2,1H3,(H,27,28,31);6-9,14-17,19H,2-5,10-13H2,1H3,(H,27,28);5-8,13-14,16,19H,1-4,9-12H2,(H,27,28,29). The summed E-state index contributed by atoms with van der Waals surface area (Å²) in [5.74, 6) is 6.85. The fourth-order valence-electron chi connectivity index (χ4n) is 18.2. The first-order valence-corrected chi connectivity index (χ1v) is 48.4. The highest BCUT2D eigenvalue weighted by Gasteiger charge is 2.31. The number of nitrogens with one attached hydrogen (secondary N) is 4. The van der Waals surface area contributed by atoms with Gasteiger partial charge < -0.3 is 83.5 Å². The number of hydrogen-bond acceptors (Lipinski definition) is 33. The van der Waals surface area contributed by atoms with E-state index in [1.165, 1.54) is 0 Å². The van der Waals surface area contributed by atoms with E-state index >= 15 is 0 Å². The molecular weight excluding hydrogens is 1750 g/mol. The van der Waals surface area contributed by atoms with Crippen molar-refractivity contribution in [3.05, 3.63) is 169 Å². The van der Waals surface area contributed by atoms with E-state index in [9.17, 15) is 0 Å². The van der Waals surface area contributed by atoms with E-state index in [-0.39, 0.29) is 30.5 Å². The molecule has 4 aliphatic heterocycles. The number of ether oxygens (including phenoxy) is 9. The molecule has 4 N–H and O–H groups in total. The van der Waals surface area contributed by atoms with E-state index in [1.54, 1.807) is 75.1 Å². The van der Waals surface area contributed by atoms with E-state index in [0.29, 0.717) is 41.7 Å². The molecule has 4 aromatic carbocycles. The molecule has 698 valence electrons. The molecule has 4 saturated heterocycles. The zero-order valence-electron chi connectivity index (χ0n) is 76.3. The number of methoxy groups -OCH3 is 1. The van der Waals surface area contributed by atoms with Gasteiger partial charge in [0.25, 0.3) is 0 Å². The van der Waals surface area contributed by atoms with Gasteiger partial charge in [-0.05, 0) is 193 Å². The number of anilines is 8. The number of nitrogens with zero attached hydrogens (tertiary/aromatic N) is 20. The molecule has 8 fully saturated rings. The summed E-state index contributed by atoms with van der Waals surface area (Å²) >= 11 is 3.39. The predicted octanol–water partition coefficient (Wildman–Crippen LogP) is 16.2. The van der Waals surface area contributed by atoms with E-state index in [0.717, 1.165) is 364 Å². The highest BCUT2D eigenvalue weighted by molar-refractivity contribution is 9.10. The number of unbranched alkanes of at least 4 members (excludes halogenated alkanes) is 2. The smallest absolute Gasteiger partial charge is 0.224 e. The molecule has 0 bridgehead atoms. The van der Waals surface area contributed by atoms with Crippen LogP contribution >= 0.6 is 15.9 Å². The van der Waals surface area contributed by atoms with Crippen LogP contribution in [0.25, 0.3) is 44.1 Å². The molecule has 0 radical (unpaired) electrons. The number of pyridine rings is 1. The Kier molecular flexibility index (Phi) is 32.7. The molecule has 20 rings (SSSR count). The van der Waals surface area contributed by atoms with Crippen LogP contribution in [0.15, 0.2) is 152 Å². The van der Waals surface area contributed by atoms with Crippen LogP contribution in [0.3, 0.4) is 0 Å². The van der Waals surface area contributed by atoms with Crippen molar-refractivity contribution in [3.8, 4) is 34.8 Å². The number of morpholine rings is 4. The molecule has 8 aliphatic rings. The van der Waals surface area contributed by atoms with Crippen LogP contribution in [-0.4, -0.2) is 236 Å². The third kappa shape index (κ3) is 25.8. The summed E-state index contributed by atoms with van der Waals surface area (Å²) in [6, 6.07) is 27.8. The summed E-state index contributed by atoms with van der Waals surface area (Å²) in [6.45, 7) is 17.3. The van der Waals surface area contributed by atoms with Gasteiger partial charge >= 0.3 is 0 Å². The van der Waals surface area contributed by atoms with Crippen molar-refractivity contribution < 1.29 is 42.6 Å². The average molecular weight is 1870 g/mol. The molecule has 12 aromatic rings. The average Bonchev–Trinajstić information content (AvgIpc) is 0.787. The Morgan fingerprint density at radius 2 is 0.729 bits per heavy atom. The van der Waals surface area contributed by atoms with Crippen LogP contribution in [0.1, 0.15) is 159 Å². The van der Waals surface area contributed by atoms with Gasteiger partial charge in [0.05, 0.1) is 129 Å². The van der Waals surface area contributed by atoms with Crippen molar-refractivity contribution in [2.75, 3.05) is 153 Å². The van der Waals surface area contributed by atoms with Crippen molar-refractivity contribution in [2.45, 2.75) is 204 Å². The largest absolute Gasteiger partial charge is 0.495 e. The maximum atomic E-state index is 9.02. The Morgan fingerprint density at radius 3 is 1.11 bits per heavy atom. The SMILES string of the molecule is CCCCc1cnc2cc(N3CCOCC3)cc(OC3CCC(Nc4ncc(Br)cn4)CC3)c2n1.CCCCc1cnc2cc(N3CCOCC3)cc(OC3CCC(Nc4ncccn4)CC3)c2n1.COc1ccc(NC2CCC(Oc3cc(N4CCOCC4)cc4nccnc34)CC2)nc1.N#Cc1ccnc(NC2CCC(Oc3cc(N4CCOCC4)cc4nccnc34)CC2)n1. The Balaban J connectivity index is 0.000000124. The van der Waals surface area contributed by atoms with Crippen LogP contribution in [0.5, 0.6) is 28.7 Å². The van der Waals surface area contributed by atoms with Gasteiger partial charge in [0.15, 0.2) is 0 Å². The third-order valence-electron chi connectivity index (χ3n) is 25.6. The summed E-state index contributed by atoms with van der Waals surface area (Å²) in [4.78, 5) is 77.1. The highest BCUT2D eigenvalue weighted by atomic mass is 79.9. The molecule has 0 spiro atoms. The van der Waals surface area contributed by atoms with Crippen LogP contribution in [0.4, 0.5) is 46.4 Å². The normalized spacial score (nSPS) is 21.0. The second-order valence-corrected chi connectivity index (χ2v) is 35.8. The van der Waals surface area contributed by atoms with Crippen LogP contribution in [-0.2, 0) is 31.8 Å². The summed E-state index contributed by atoms with van der Waals surface area (Å²) in [5.41, 5.74) is 13.8. The Labute approximate surface area is 785 Å². The topological polar surface area (TPSA) is 361 Å². The zero-order chi connectivity index (χ0) is 90.7. The van der Waals surface area contributed by atoms with Crippen LogP contribution in [0.2, 0.25) is 0 Å². The monoisotopic (exact) mass is 1870 g/mol. The first-order chi connectivity index (χ1) is 65.5. The van der Waals surface area contributed by atoms with Crippen LogP contribution in [0, 0.1) is 11.3 Å². The molecule has 33 nitrogen and oxygen atoms in total. The molecule has 0 amide bonds. The van der Waals surface area contributed by atoms with Gasteiger partial charge in [-0.3, -0.25) is 19.9 Å². The Hall–Kier alpha value is -12.2. The number of hydrogen-bond donors (Lipinski definition) is 4. The van der Waals surface area contributed by atoms with Gasteiger partial charge in [-0.15, -0.1) is 0 Å². The summed E-state index contributed by atoms with van der Waals surface area (Å²) in [6.07, 6.45) is 43.9. The van der Waals surface area contributed by atoms with Gasteiger partial charge in [0.2, 0.25) is 17.8 Å². The molecule has 4 saturated carbocycles. The number of benzene rings is 4. The number of aromatic nitrogens is 15. The lowest BCUT2D eigenvalue weighted by molar-refractivity contribution is 0.122. The minimum Gasteiger partial charge on any atom is -0.495 e. The van der Waals surface area contributed by atoms with Gasteiger partial charge in [-0.2, -0.15) is 5.26 Å². The fourth-order valence-corrected chi connectivity index (χ4v) is 18.4. The molecule has 133 heavy (non-hydrogen) atoms. The minimum absolute atomic E-state index is 0.115. The second kappa shape index (κ2) is 47.0. The lowest BCUT2D eigenvalue weighted by Gasteiger charge is -2.31. The first kappa shape index (κ1) is 92.7. The quantitative estimate of drug-likeness (QED) is 0.0371. The minimum atomic E-state index is 0.115. The molecular formula is C99H121BrN24O9. The summed E-state index contributed by atoms with van der Waals surface area (Å²) in [7, 11) is 1.65. The Morgan fingerprint density at radius 1 is 0.368 bits per heavy atom. The molecule has 0 unspecified atom stereocenters. The lowest BCUT2D eigenvalue weighted by Crippen LogP contribution is -2.36. The molecule has 34 heteroatoms. The maximum absolute atomic E-state index is 9.02. The Bertz CT molecular complexity index is 5730. The van der Waals surface area contributed by atoms with Crippen molar-refractivity contribution in [1.82, 2.24) is 74.8 Å². The van der Waals surface area contributed by atoms with Gasteiger partial charge in [0, 0.05) is 192 Å². The molecule has 4 aliphatic carbocycles. The third-order valence-corrected chi connectivity index (χ3v) is 26.0. The molecule has 0 atom stereocenters. The number of fused-ring (bicyclic) bond motifs is 4. The fraction of sp³-hybridized carbons (Fsp3) is 0.495. The zero-order valence-corrected chi connectivity index (χ0v) is 77.9. The van der Waals surface area contributed by atoms with Gasteiger partial charge in [0.1, 0.15) is 68.4 Å². The predicted molar refractivity (Wildman–Crippen MR) is 518 cm³/mol. The van der Waals surface area contributed by atoms with Crippen molar-refractivity contribution >= 4 is 106 Å². The van der Waals surface area contributed by atoms with E-state index in [1.807, 2.05) is 36.7 Å². The number of rotatable bonds is 27. The van der Waals surface area contributed by atoms with E-state index in [2.05, 4.69) is 174 Å². The lowest BCUT2D eigenvalue weighted by atomic mass is 9.93. The van der Waals surface area contributed by atoms with Crippen molar-refractivity contribution in [3.63, 3.8) is 0 Å². The highest BCUT2D eigenvalue weighted by Crippen LogP contribution is 2.40. The maximum Gasteiger partial charge on any atom is 0.224 e. The molecule has 8 aromatic heterocycles. The van der Waals surface area contributed by atoms with Crippen molar-refractivity contribution in [2.24, 2.45) is 0 Å².